The predicted molar refractivity (Wildman–Crippen MR) is 120 cm³/mol. The number of amides is 2. The van der Waals surface area contributed by atoms with E-state index in [9.17, 15) is 9.59 Å². The minimum atomic E-state index is -0.160. The van der Waals surface area contributed by atoms with E-state index in [1.165, 1.54) is 0 Å². The molecule has 30 heavy (non-hydrogen) atoms. The first-order valence-electron chi connectivity index (χ1n) is 10.4. The van der Waals surface area contributed by atoms with E-state index in [1.54, 1.807) is 29.1 Å². The molecule has 0 bridgehead atoms. The minimum absolute atomic E-state index is 0.0406. The summed E-state index contributed by atoms with van der Waals surface area (Å²) < 4.78 is 7.18. The number of nitrogens with zero attached hydrogens (tertiary/aromatic N) is 3. The molecule has 0 aliphatic heterocycles. The highest BCUT2D eigenvalue weighted by molar-refractivity contribution is 5.94. The largest absolute Gasteiger partial charge is 0.383 e. The number of aryl methyl sites for hydroxylation is 1. The van der Waals surface area contributed by atoms with E-state index in [0.717, 1.165) is 17.7 Å². The first kappa shape index (κ1) is 23.4. The molecular weight excluding hydrogens is 378 g/mol. The third-order valence-electron chi connectivity index (χ3n) is 5.25. The number of benzene rings is 1. The van der Waals surface area contributed by atoms with Crippen LogP contribution in [-0.4, -0.2) is 59.0 Å². The molecule has 1 heterocycles. The molecule has 1 atom stereocenters. The van der Waals surface area contributed by atoms with Crippen molar-refractivity contribution in [1.29, 1.82) is 0 Å². The SMILES string of the molecule is CC[C@@H](C)N(CC(=O)N(CCOC)Cc1cccn1C)C(=O)/C=C/c1ccccc1. The predicted octanol–water partition coefficient (Wildman–Crippen LogP) is 3.34. The Balaban J connectivity index is 2.13. The average molecular weight is 412 g/mol. The van der Waals surface area contributed by atoms with Gasteiger partial charge in [0.25, 0.3) is 0 Å². The van der Waals surface area contributed by atoms with Gasteiger partial charge in [0.05, 0.1) is 13.2 Å². The second-order valence-electron chi connectivity index (χ2n) is 7.39. The smallest absolute Gasteiger partial charge is 0.247 e. The molecule has 2 aromatic rings. The Kier molecular flexibility index (Phi) is 9.35. The fourth-order valence-corrected chi connectivity index (χ4v) is 3.09. The molecule has 2 rings (SSSR count). The lowest BCUT2D eigenvalue weighted by Gasteiger charge is -2.30. The lowest BCUT2D eigenvalue weighted by atomic mass is 10.2. The molecular formula is C24H33N3O3. The topological polar surface area (TPSA) is 54.8 Å². The van der Waals surface area contributed by atoms with Crippen molar-refractivity contribution in [2.24, 2.45) is 7.05 Å². The number of carbonyl (C=O) groups is 2. The molecule has 0 spiro atoms. The lowest BCUT2D eigenvalue weighted by Crippen LogP contribution is -2.46. The zero-order valence-corrected chi connectivity index (χ0v) is 18.5. The summed E-state index contributed by atoms with van der Waals surface area (Å²) in [5.41, 5.74) is 1.98. The molecule has 1 aromatic heterocycles. The van der Waals surface area contributed by atoms with Crippen LogP contribution in [0.2, 0.25) is 0 Å². The minimum Gasteiger partial charge on any atom is -0.383 e. The summed E-state index contributed by atoms with van der Waals surface area (Å²) in [6.45, 7) is 5.43. The molecule has 0 saturated heterocycles. The van der Waals surface area contributed by atoms with Gasteiger partial charge in [0, 0.05) is 44.7 Å². The highest BCUT2D eigenvalue weighted by Crippen LogP contribution is 2.11. The molecule has 0 unspecified atom stereocenters. The van der Waals surface area contributed by atoms with E-state index in [1.807, 2.05) is 74.1 Å². The fraction of sp³-hybridized carbons (Fsp3) is 0.417. The monoisotopic (exact) mass is 411 g/mol. The van der Waals surface area contributed by atoms with Gasteiger partial charge in [-0.25, -0.2) is 0 Å². The maximum atomic E-state index is 13.1. The van der Waals surface area contributed by atoms with Crippen LogP contribution in [0.15, 0.2) is 54.7 Å². The number of hydrogen-bond donors (Lipinski definition) is 0. The Morgan fingerprint density at radius 2 is 1.90 bits per heavy atom. The number of methoxy groups -OCH3 is 1. The Bertz CT molecular complexity index is 829. The van der Waals surface area contributed by atoms with E-state index >= 15 is 0 Å². The van der Waals surface area contributed by atoms with Crippen LogP contribution < -0.4 is 0 Å². The van der Waals surface area contributed by atoms with Crippen molar-refractivity contribution in [2.45, 2.75) is 32.9 Å². The molecule has 6 heteroatoms. The summed E-state index contributed by atoms with van der Waals surface area (Å²) >= 11 is 0. The standard InChI is InChI=1S/C24H33N3O3/c1-5-20(2)27(23(28)14-13-21-10-7-6-8-11-21)19-24(29)26(16-17-30-4)18-22-12-9-15-25(22)3/h6-15,20H,5,16-19H2,1-4H3/b14-13+/t20-/m1/s1. The Hall–Kier alpha value is -2.86. The van der Waals surface area contributed by atoms with Gasteiger partial charge in [-0.3, -0.25) is 9.59 Å². The maximum Gasteiger partial charge on any atom is 0.247 e. The van der Waals surface area contributed by atoms with Crippen LogP contribution in [0.3, 0.4) is 0 Å². The zero-order valence-electron chi connectivity index (χ0n) is 18.5. The normalized spacial score (nSPS) is 12.1. The first-order chi connectivity index (χ1) is 14.5. The molecule has 0 N–H and O–H groups in total. The molecule has 0 aliphatic rings. The molecule has 0 saturated carbocycles. The van der Waals surface area contributed by atoms with Crippen molar-refractivity contribution in [3.05, 3.63) is 66.0 Å². The lowest BCUT2D eigenvalue weighted by molar-refractivity contribution is -0.140. The van der Waals surface area contributed by atoms with Crippen LogP contribution in [0, 0.1) is 0 Å². The van der Waals surface area contributed by atoms with E-state index in [-0.39, 0.29) is 24.4 Å². The summed E-state index contributed by atoms with van der Waals surface area (Å²) in [5, 5.41) is 0. The van der Waals surface area contributed by atoms with Crippen molar-refractivity contribution in [3.63, 3.8) is 0 Å². The molecule has 162 valence electrons. The van der Waals surface area contributed by atoms with Gasteiger partial charge in [0.15, 0.2) is 0 Å². The van der Waals surface area contributed by atoms with Gasteiger partial charge in [-0.05, 0) is 37.1 Å². The number of rotatable bonds is 11. The van der Waals surface area contributed by atoms with Gasteiger partial charge in [-0.15, -0.1) is 0 Å². The van der Waals surface area contributed by atoms with Crippen LogP contribution >= 0.6 is 0 Å². The number of aromatic nitrogens is 1. The third kappa shape index (κ3) is 6.88. The van der Waals surface area contributed by atoms with Gasteiger partial charge < -0.3 is 19.1 Å². The Morgan fingerprint density at radius 1 is 1.17 bits per heavy atom. The van der Waals surface area contributed by atoms with Crippen LogP contribution in [0.1, 0.15) is 31.5 Å². The second kappa shape index (κ2) is 12.0. The number of ether oxygens (including phenoxy) is 1. The highest BCUT2D eigenvalue weighted by Gasteiger charge is 2.24. The molecule has 0 aliphatic carbocycles. The quantitative estimate of drug-likeness (QED) is 0.533. The van der Waals surface area contributed by atoms with Crippen LogP contribution in [0.5, 0.6) is 0 Å². The fourth-order valence-electron chi connectivity index (χ4n) is 3.09. The van der Waals surface area contributed by atoms with Crippen molar-refractivity contribution >= 4 is 17.9 Å². The van der Waals surface area contributed by atoms with E-state index in [4.69, 9.17) is 4.74 Å². The summed E-state index contributed by atoms with van der Waals surface area (Å²) in [7, 11) is 3.58. The first-order valence-corrected chi connectivity index (χ1v) is 10.4. The Labute approximate surface area is 179 Å². The maximum absolute atomic E-state index is 13.1. The van der Waals surface area contributed by atoms with Crippen LogP contribution in [0.4, 0.5) is 0 Å². The van der Waals surface area contributed by atoms with Gasteiger partial charge in [-0.1, -0.05) is 37.3 Å². The molecule has 1 aromatic carbocycles. The van der Waals surface area contributed by atoms with Crippen LogP contribution in [-0.2, 0) is 27.9 Å². The summed E-state index contributed by atoms with van der Waals surface area (Å²) in [5.74, 6) is -0.248. The van der Waals surface area contributed by atoms with Gasteiger partial charge in [0.1, 0.15) is 6.54 Å². The average Bonchev–Trinajstić information content (AvgIpc) is 3.17. The molecule has 2 amide bonds. The van der Waals surface area contributed by atoms with Crippen molar-refractivity contribution in [2.75, 3.05) is 26.8 Å². The molecule has 6 nitrogen and oxygen atoms in total. The van der Waals surface area contributed by atoms with Crippen molar-refractivity contribution < 1.29 is 14.3 Å². The van der Waals surface area contributed by atoms with E-state index < -0.39 is 0 Å². The molecule has 0 fully saturated rings. The van der Waals surface area contributed by atoms with Gasteiger partial charge in [-0.2, -0.15) is 0 Å². The number of hydrogen-bond acceptors (Lipinski definition) is 3. The number of carbonyl (C=O) groups excluding carboxylic acids is 2. The molecule has 0 radical (unpaired) electrons. The van der Waals surface area contributed by atoms with E-state index in [0.29, 0.717) is 19.7 Å². The summed E-state index contributed by atoms with van der Waals surface area (Å²) in [4.78, 5) is 29.4. The van der Waals surface area contributed by atoms with Gasteiger partial charge in [0.2, 0.25) is 11.8 Å². The van der Waals surface area contributed by atoms with Gasteiger partial charge >= 0.3 is 0 Å². The van der Waals surface area contributed by atoms with Crippen LogP contribution in [0.25, 0.3) is 6.08 Å². The second-order valence-corrected chi connectivity index (χ2v) is 7.39. The van der Waals surface area contributed by atoms with E-state index in [2.05, 4.69) is 0 Å². The summed E-state index contributed by atoms with van der Waals surface area (Å²) in [6, 6.07) is 13.6. The zero-order chi connectivity index (χ0) is 21.9. The van der Waals surface area contributed by atoms with Crippen molar-refractivity contribution in [1.82, 2.24) is 14.4 Å². The summed E-state index contributed by atoms with van der Waals surface area (Å²) in [6.07, 6.45) is 6.06. The third-order valence-corrected chi connectivity index (χ3v) is 5.25. The van der Waals surface area contributed by atoms with Crippen molar-refractivity contribution in [3.8, 4) is 0 Å². The Morgan fingerprint density at radius 3 is 2.50 bits per heavy atom. The highest BCUT2D eigenvalue weighted by atomic mass is 16.5.